The van der Waals surface area contributed by atoms with Gasteiger partial charge < -0.3 is 21.2 Å². The van der Waals surface area contributed by atoms with Gasteiger partial charge in [0.1, 0.15) is 23.7 Å². The molecule has 2 amide bonds. The maximum absolute atomic E-state index is 12.9. The summed E-state index contributed by atoms with van der Waals surface area (Å²) < 4.78 is 38.4. The second kappa shape index (κ2) is 11.0. The molecule has 2 aromatic carbocycles. The number of rotatable bonds is 8. The number of aldehydes is 1. The molecule has 182 valence electrons. The van der Waals surface area contributed by atoms with E-state index in [-0.39, 0.29) is 11.3 Å². The van der Waals surface area contributed by atoms with Crippen molar-refractivity contribution in [2.45, 2.75) is 29.7 Å². The highest BCUT2D eigenvalue weighted by Gasteiger charge is 2.32. The molecule has 0 saturated heterocycles. The first-order valence-corrected chi connectivity index (χ1v) is 10.3. The van der Waals surface area contributed by atoms with Gasteiger partial charge in [-0.3, -0.25) is 15.4 Å². The largest absolute Gasteiger partial charge is 0.416 e. The Morgan fingerprint density at radius 2 is 1.76 bits per heavy atom. The fourth-order valence-corrected chi connectivity index (χ4v) is 2.92. The van der Waals surface area contributed by atoms with Crippen LogP contribution in [0, 0.1) is 0 Å². The molecule has 0 saturated carbocycles. The standard InChI is InChI=1S/C21H21ClF3N5O3S/c1-20(26,30-27)17(10-31)29-19(33)15(8-11-2-7-14(22)16(34)9-11)28-18(32)12-3-5-13(6-4-12)21(23,24)25/h2-10,17,30,34H,26-27H2,1H3,(H,28,32)(H,29,33)/b15-8+. The molecular formula is C21H21ClF3N5O3S. The Bertz CT molecular complexity index is 1110. The highest BCUT2D eigenvalue weighted by Crippen LogP contribution is 2.29. The summed E-state index contributed by atoms with van der Waals surface area (Å²) in [5, 5.41) is 5.02. The first-order valence-electron chi connectivity index (χ1n) is 9.50. The molecule has 13 heteroatoms. The molecule has 8 nitrogen and oxygen atoms in total. The molecule has 0 spiro atoms. The van der Waals surface area contributed by atoms with E-state index in [2.05, 4.69) is 28.7 Å². The Morgan fingerprint density at radius 1 is 1.15 bits per heavy atom. The summed E-state index contributed by atoms with van der Waals surface area (Å²) in [4.78, 5) is 37.4. The van der Waals surface area contributed by atoms with Crippen molar-refractivity contribution in [2.24, 2.45) is 11.6 Å². The summed E-state index contributed by atoms with van der Waals surface area (Å²) in [6.07, 6.45) is -2.96. The minimum absolute atomic E-state index is 0.142. The third kappa shape index (κ3) is 7.05. The molecule has 0 bridgehead atoms. The monoisotopic (exact) mass is 515 g/mol. The van der Waals surface area contributed by atoms with Gasteiger partial charge in [0.2, 0.25) is 0 Å². The Labute approximate surface area is 203 Å². The van der Waals surface area contributed by atoms with Crippen LogP contribution in [0.15, 0.2) is 53.1 Å². The molecule has 34 heavy (non-hydrogen) atoms. The summed E-state index contributed by atoms with van der Waals surface area (Å²) in [6, 6.07) is 6.64. The number of carbonyl (C=O) groups is 3. The van der Waals surface area contributed by atoms with Gasteiger partial charge in [0.15, 0.2) is 0 Å². The van der Waals surface area contributed by atoms with Crippen LogP contribution in [-0.4, -0.2) is 29.8 Å². The van der Waals surface area contributed by atoms with Crippen LogP contribution in [-0.2, 0) is 15.8 Å². The first kappa shape index (κ1) is 27.3. The maximum Gasteiger partial charge on any atom is 0.416 e. The quantitative estimate of drug-likeness (QED) is 0.0796. The third-order valence-corrected chi connectivity index (χ3v) is 5.46. The molecule has 7 N–H and O–H groups in total. The third-order valence-electron chi connectivity index (χ3n) is 4.63. The number of nitrogens with one attached hydrogen (secondary N) is 3. The van der Waals surface area contributed by atoms with Crippen LogP contribution in [0.4, 0.5) is 13.2 Å². The number of nitrogens with two attached hydrogens (primary N) is 2. The van der Waals surface area contributed by atoms with Gasteiger partial charge in [-0.25, -0.2) is 5.43 Å². The second-order valence-corrected chi connectivity index (χ2v) is 8.20. The Balaban J connectivity index is 2.39. The highest BCUT2D eigenvalue weighted by atomic mass is 35.5. The zero-order chi connectivity index (χ0) is 25.7. The average Bonchev–Trinajstić information content (AvgIpc) is 2.78. The lowest BCUT2D eigenvalue weighted by atomic mass is 10.1. The molecule has 2 aromatic rings. The minimum atomic E-state index is -4.57. The maximum atomic E-state index is 12.9. The Hall–Kier alpha value is -2.90. The molecule has 0 aliphatic heterocycles. The number of halogens is 4. The van der Waals surface area contributed by atoms with E-state index in [1.807, 2.05) is 0 Å². The molecule has 0 aromatic heterocycles. The Kier molecular flexibility index (Phi) is 8.86. The van der Waals surface area contributed by atoms with Crippen LogP contribution in [0.1, 0.15) is 28.4 Å². The van der Waals surface area contributed by atoms with Crippen LogP contribution >= 0.6 is 24.2 Å². The van der Waals surface area contributed by atoms with Gasteiger partial charge in [-0.2, -0.15) is 13.2 Å². The molecule has 0 aliphatic carbocycles. The minimum Gasteiger partial charge on any atom is -0.338 e. The highest BCUT2D eigenvalue weighted by molar-refractivity contribution is 7.80. The number of hydrogen-bond donors (Lipinski definition) is 6. The van der Waals surface area contributed by atoms with Gasteiger partial charge in [-0.05, 0) is 55.0 Å². The van der Waals surface area contributed by atoms with Crippen molar-refractivity contribution in [1.29, 1.82) is 0 Å². The van der Waals surface area contributed by atoms with Crippen LogP contribution in [0.2, 0.25) is 5.02 Å². The molecular weight excluding hydrogens is 495 g/mol. The van der Waals surface area contributed by atoms with Crippen LogP contribution < -0.4 is 27.6 Å². The van der Waals surface area contributed by atoms with Crippen molar-refractivity contribution in [2.75, 3.05) is 0 Å². The van der Waals surface area contributed by atoms with Crippen molar-refractivity contribution < 1.29 is 27.6 Å². The van der Waals surface area contributed by atoms with Crippen LogP contribution in [0.25, 0.3) is 6.08 Å². The predicted octanol–water partition coefficient (Wildman–Crippen LogP) is 2.24. The van der Waals surface area contributed by atoms with E-state index >= 15 is 0 Å². The number of benzene rings is 2. The van der Waals surface area contributed by atoms with Crippen molar-refractivity contribution in [1.82, 2.24) is 16.1 Å². The van der Waals surface area contributed by atoms with Crippen LogP contribution in [0.3, 0.4) is 0 Å². The zero-order valence-corrected chi connectivity index (χ0v) is 19.3. The Morgan fingerprint density at radius 3 is 2.26 bits per heavy atom. The average molecular weight is 516 g/mol. The molecule has 0 heterocycles. The van der Waals surface area contributed by atoms with Gasteiger partial charge in [-0.15, -0.1) is 12.6 Å². The van der Waals surface area contributed by atoms with E-state index in [4.69, 9.17) is 23.2 Å². The van der Waals surface area contributed by atoms with Gasteiger partial charge in [-0.1, -0.05) is 17.7 Å². The van der Waals surface area contributed by atoms with Gasteiger partial charge in [0.05, 0.1) is 10.6 Å². The fraction of sp³-hybridized carbons (Fsp3) is 0.190. The molecule has 0 radical (unpaired) electrons. The second-order valence-electron chi connectivity index (χ2n) is 7.31. The molecule has 2 unspecified atom stereocenters. The number of amides is 2. The van der Waals surface area contributed by atoms with Crippen LogP contribution in [0.5, 0.6) is 0 Å². The fourth-order valence-electron chi connectivity index (χ4n) is 2.58. The van der Waals surface area contributed by atoms with Crippen molar-refractivity contribution in [3.05, 3.63) is 69.9 Å². The topological polar surface area (TPSA) is 139 Å². The van der Waals surface area contributed by atoms with Crippen molar-refractivity contribution in [3.8, 4) is 0 Å². The lowest BCUT2D eigenvalue weighted by Crippen LogP contribution is -2.67. The van der Waals surface area contributed by atoms with E-state index in [0.29, 0.717) is 21.8 Å². The van der Waals surface area contributed by atoms with Gasteiger partial charge >= 0.3 is 6.18 Å². The van der Waals surface area contributed by atoms with E-state index in [1.165, 1.54) is 31.2 Å². The smallest absolute Gasteiger partial charge is 0.338 e. The lowest BCUT2D eigenvalue weighted by Gasteiger charge is -2.30. The summed E-state index contributed by atoms with van der Waals surface area (Å²) in [6.45, 7) is 1.35. The van der Waals surface area contributed by atoms with E-state index < -0.39 is 35.3 Å². The summed E-state index contributed by atoms with van der Waals surface area (Å²) in [5.41, 5.74) is 5.50. The van der Waals surface area contributed by atoms with Gasteiger partial charge in [0.25, 0.3) is 11.8 Å². The molecule has 2 atom stereocenters. The number of hydrazine groups is 1. The van der Waals surface area contributed by atoms with Gasteiger partial charge in [0, 0.05) is 10.5 Å². The molecule has 0 aliphatic rings. The van der Waals surface area contributed by atoms with E-state index in [9.17, 15) is 27.6 Å². The van der Waals surface area contributed by atoms with Crippen molar-refractivity contribution in [3.63, 3.8) is 0 Å². The van der Waals surface area contributed by atoms with Crippen molar-refractivity contribution >= 4 is 48.4 Å². The normalized spacial score (nSPS) is 14.6. The van der Waals surface area contributed by atoms with E-state index in [1.54, 1.807) is 0 Å². The summed E-state index contributed by atoms with van der Waals surface area (Å²) in [5.74, 6) is 3.53. The summed E-state index contributed by atoms with van der Waals surface area (Å²) >= 11 is 10.1. The SMILES string of the molecule is CC(N)(NN)C(C=O)NC(=O)/C(=C\c1ccc(Cl)c(S)c1)NC(=O)c1ccc(C(F)(F)F)cc1. The number of hydrogen-bond acceptors (Lipinski definition) is 7. The lowest BCUT2D eigenvalue weighted by molar-refractivity contribution is -0.137. The number of alkyl halides is 3. The van der Waals surface area contributed by atoms with E-state index in [0.717, 1.165) is 24.3 Å². The number of thiol groups is 1. The summed E-state index contributed by atoms with van der Waals surface area (Å²) in [7, 11) is 0. The molecule has 2 rings (SSSR count). The zero-order valence-electron chi connectivity index (χ0n) is 17.6. The predicted molar refractivity (Wildman–Crippen MR) is 124 cm³/mol. The molecule has 0 fully saturated rings. The number of carbonyl (C=O) groups excluding carboxylic acids is 3. The first-order chi connectivity index (χ1) is 15.8.